The standard InChI is InChI=1S/C20H24N2O2S/c1-14-7-8-25-19(14)12-22-10-17-16(13-24-18(17)11-22)9-21-20(23)15-5-3-2-4-6-15/h2-8,16-18H,9-13H2,1H3,(H,21,23)/t16-,17+,18+/m1/s1. The van der Waals surface area contributed by atoms with Crippen LogP contribution in [0.1, 0.15) is 20.8 Å². The fourth-order valence-electron chi connectivity index (χ4n) is 3.90. The summed E-state index contributed by atoms with van der Waals surface area (Å²) in [6.07, 6.45) is 0.318. The largest absolute Gasteiger partial charge is 0.376 e. The van der Waals surface area contributed by atoms with E-state index in [4.69, 9.17) is 4.74 Å². The minimum atomic E-state index is 0.00751. The van der Waals surface area contributed by atoms with E-state index in [9.17, 15) is 4.79 Å². The number of nitrogens with one attached hydrogen (secondary N) is 1. The molecule has 3 atom stereocenters. The van der Waals surface area contributed by atoms with Gasteiger partial charge in [-0.25, -0.2) is 0 Å². The van der Waals surface area contributed by atoms with Crippen molar-refractivity contribution in [2.24, 2.45) is 11.8 Å². The summed E-state index contributed by atoms with van der Waals surface area (Å²) in [6.45, 7) is 6.72. The van der Waals surface area contributed by atoms with Crippen LogP contribution in [0.25, 0.3) is 0 Å². The summed E-state index contributed by atoms with van der Waals surface area (Å²) >= 11 is 1.84. The Labute approximate surface area is 152 Å². The number of carbonyl (C=O) groups is 1. The highest BCUT2D eigenvalue weighted by atomic mass is 32.1. The predicted molar refractivity (Wildman–Crippen MR) is 99.8 cm³/mol. The maximum atomic E-state index is 12.2. The van der Waals surface area contributed by atoms with Crippen LogP contribution in [0.5, 0.6) is 0 Å². The van der Waals surface area contributed by atoms with E-state index < -0.39 is 0 Å². The summed E-state index contributed by atoms with van der Waals surface area (Å²) < 4.78 is 6.02. The van der Waals surface area contributed by atoms with Gasteiger partial charge in [-0.1, -0.05) is 18.2 Å². The van der Waals surface area contributed by atoms with Crippen molar-refractivity contribution in [2.45, 2.75) is 19.6 Å². The minimum absolute atomic E-state index is 0.00751. The fraction of sp³-hybridized carbons (Fsp3) is 0.450. The molecule has 25 heavy (non-hydrogen) atoms. The van der Waals surface area contributed by atoms with Gasteiger partial charge in [0.2, 0.25) is 0 Å². The lowest BCUT2D eigenvalue weighted by molar-refractivity contribution is 0.0904. The molecule has 0 unspecified atom stereocenters. The highest BCUT2D eigenvalue weighted by molar-refractivity contribution is 7.10. The molecule has 0 saturated carbocycles. The summed E-state index contributed by atoms with van der Waals surface area (Å²) in [7, 11) is 0. The van der Waals surface area contributed by atoms with E-state index in [1.54, 1.807) is 0 Å². The molecule has 4 rings (SSSR count). The average Bonchev–Trinajstić information content (AvgIpc) is 3.31. The molecule has 3 heterocycles. The lowest BCUT2D eigenvalue weighted by Crippen LogP contribution is -2.34. The van der Waals surface area contributed by atoms with Crippen LogP contribution in [0.3, 0.4) is 0 Å². The second-order valence-electron chi connectivity index (χ2n) is 7.09. The van der Waals surface area contributed by atoms with E-state index in [0.717, 1.165) is 31.8 Å². The van der Waals surface area contributed by atoms with E-state index in [1.165, 1.54) is 10.4 Å². The zero-order valence-corrected chi connectivity index (χ0v) is 15.3. The Morgan fingerprint density at radius 1 is 1.28 bits per heavy atom. The van der Waals surface area contributed by atoms with Crippen molar-refractivity contribution in [3.8, 4) is 0 Å². The number of likely N-dealkylation sites (tertiary alicyclic amines) is 1. The predicted octanol–water partition coefficient (Wildman–Crippen LogP) is 2.93. The van der Waals surface area contributed by atoms with Gasteiger partial charge in [0.1, 0.15) is 0 Å². The fourth-order valence-corrected chi connectivity index (χ4v) is 4.85. The first kappa shape index (κ1) is 16.8. The van der Waals surface area contributed by atoms with Crippen molar-refractivity contribution in [2.75, 3.05) is 26.2 Å². The summed E-state index contributed by atoms with van der Waals surface area (Å²) in [6, 6.07) is 11.6. The van der Waals surface area contributed by atoms with E-state index >= 15 is 0 Å². The molecule has 0 aliphatic carbocycles. The molecule has 0 bridgehead atoms. The van der Waals surface area contributed by atoms with Gasteiger partial charge in [-0.05, 0) is 36.1 Å². The molecule has 0 radical (unpaired) electrons. The van der Waals surface area contributed by atoms with Crippen LogP contribution in [0.4, 0.5) is 0 Å². The van der Waals surface area contributed by atoms with Crippen LogP contribution < -0.4 is 5.32 Å². The Bertz CT molecular complexity index is 730. The van der Waals surface area contributed by atoms with Gasteiger partial charge in [-0.2, -0.15) is 0 Å². The number of ether oxygens (including phenoxy) is 1. The number of hydrogen-bond acceptors (Lipinski definition) is 4. The van der Waals surface area contributed by atoms with Crippen LogP contribution in [-0.2, 0) is 11.3 Å². The number of fused-ring (bicyclic) bond motifs is 1. The average molecular weight is 356 g/mol. The van der Waals surface area contributed by atoms with E-state index in [2.05, 4.69) is 28.6 Å². The number of nitrogens with zero attached hydrogens (tertiary/aromatic N) is 1. The van der Waals surface area contributed by atoms with Crippen molar-refractivity contribution in [1.82, 2.24) is 10.2 Å². The molecular formula is C20H24N2O2S. The molecule has 1 amide bonds. The number of hydrogen-bond donors (Lipinski definition) is 1. The van der Waals surface area contributed by atoms with Crippen molar-refractivity contribution < 1.29 is 9.53 Å². The summed E-state index contributed by atoms with van der Waals surface area (Å²) in [5.74, 6) is 0.941. The third-order valence-electron chi connectivity index (χ3n) is 5.41. The smallest absolute Gasteiger partial charge is 0.251 e. The molecule has 5 heteroatoms. The van der Waals surface area contributed by atoms with Crippen molar-refractivity contribution >= 4 is 17.2 Å². The van der Waals surface area contributed by atoms with E-state index in [0.29, 0.717) is 24.5 Å². The number of carbonyl (C=O) groups excluding carboxylic acids is 1. The number of thiophene rings is 1. The highest BCUT2D eigenvalue weighted by Crippen LogP contribution is 2.34. The van der Waals surface area contributed by atoms with E-state index in [1.807, 2.05) is 41.7 Å². The van der Waals surface area contributed by atoms with Gasteiger partial charge in [0, 0.05) is 48.5 Å². The molecule has 2 aromatic rings. The maximum Gasteiger partial charge on any atom is 0.251 e. The van der Waals surface area contributed by atoms with Crippen molar-refractivity contribution in [1.29, 1.82) is 0 Å². The van der Waals surface area contributed by atoms with Crippen molar-refractivity contribution in [3.63, 3.8) is 0 Å². The van der Waals surface area contributed by atoms with Crippen LogP contribution >= 0.6 is 11.3 Å². The van der Waals surface area contributed by atoms with Crippen LogP contribution in [-0.4, -0.2) is 43.2 Å². The molecule has 2 aliphatic rings. The molecule has 2 saturated heterocycles. The molecule has 1 aromatic carbocycles. The van der Waals surface area contributed by atoms with Gasteiger partial charge >= 0.3 is 0 Å². The first-order valence-corrected chi connectivity index (χ1v) is 9.79. The lowest BCUT2D eigenvalue weighted by Gasteiger charge is -2.20. The number of amides is 1. The Morgan fingerprint density at radius 2 is 2.12 bits per heavy atom. The van der Waals surface area contributed by atoms with Gasteiger partial charge in [0.25, 0.3) is 5.91 Å². The first-order chi connectivity index (χ1) is 12.2. The van der Waals surface area contributed by atoms with Crippen LogP contribution in [0, 0.1) is 18.8 Å². The third-order valence-corrected chi connectivity index (χ3v) is 6.42. The monoisotopic (exact) mass is 356 g/mol. The Kier molecular flexibility index (Phi) is 4.88. The lowest BCUT2D eigenvalue weighted by atomic mass is 9.93. The van der Waals surface area contributed by atoms with Crippen molar-refractivity contribution in [3.05, 3.63) is 57.8 Å². The van der Waals surface area contributed by atoms with Gasteiger partial charge < -0.3 is 10.1 Å². The molecule has 2 fully saturated rings. The summed E-state index contributed by atoms with van der Waals surface area (Å²) in [5.41, 5.74) is 2.11. The zero-order valence-electron chi connectivity index (χ0n) is 14.5. The second kappa shape index (κ2) is 7.28. The molecule has 1 aromatic heterocycles. The highest BCUT2D eigenvalue weighted by Gasteiger charge is 2.43. The summed E-state index contributed by atoms with van der Waals surface area (Å²) in [5, 5.41) is 5.25. The number of aryl methyl sites for hydroxylation is 1. The zero-order chi connectivity index (χ0) is 17.2. The van der Waals surface area contributed by atoms with Crippen LogP contribution in [0.2, 0.25) is 0 Å². The maximum absolute atomic E-state index is 12.2. The topological polar surface area (TPSA) is 41.6 Å². The normalized spacial score (nSPS) is 25.9. The van der Waals surface area contributed by atoms with Gasteiger partial charge in [-0.3, -0.25) is 9.69 Å². The quantitative estimate of drug-likeness (QED) is 0.896. The van der Waals surface area contributed by atoms with Gasteiger partial charge in [0.05, 0.1) is 12.7 Å². The van der Waals surface area contributed by atoms with Gasteiger partial charge in [0.15, 0.2) is 0 Å². The molecule has 132 valence electrons. The Balaban J connectivity index is 1.31. The number of rotatable bonds is 5. The molecular weight excluding hydrogens is 332 g/mol. The number of benzene rings is 1. The van der Waals surface area contributed by atoms with E-state index in [-0.39, 0.29) is 5.91 Å². The molecule has 0 spiro atoms. The SMILES string of the molecule is Cc1ccsc1CN1C[C@H]2[C@H](CNC(=O)c3ccccc3)CO[C@H]2C1. The Hall–Kier alpha value is -1.69. The third kappa shape index (κ3) is 3.64. The summed E-state index contributed by atoms with van der Waals surface area (Å²) in [4.78, 5) is 16.2. The first-order valence-electron chi connectivity index (χ1n) is 8.91. The molecule has 2 aliphatic heterocycles. The van der Waals surface area contributed by atoms with Crippen LogP contribution in [0.15, 0.2) is 41.8 Å². The molecule has 1 N–H and O–H groups in total. The molecule has 4 nitrogen and oxygen atoms in total. The Morgan fingerprint density at radius 3 is 2.88 bits per heavy atom. The van der Waals surface area contributed by atoms with Gasteiger partial charge in [-0.15, -0.1) is 11.3 Å². The minimum Gasteiger partial charge on any atom is -0.376 e. The second-order valence-corrected chi connectivity index (χ2v) is 8.09.